The number of aromatic nitrogens is 1. The number of likely N-dealkylation sites (tertiary alicyclic amines) is 1. The van der Waals surface area contributed by atoms with Gasteiger partial charge in [-0.1, -0.05) is 82.1 Å². The van der Waals surface area contributed by atoms with Gasteiger partial charge in [-0.25, -0.2) is 4.79 Å². The molecule has 3 heterocycles. The number of carbonyl (C=O) groups is 2. The summed E-state index contributed by atoms with van der Waals surface area (Å²) >= 11 is 12.8. The van der Waals surface area contributed by atoms with Crippen LogP contribution in [0.3, 0.4) is 0 Å². The first-order valence-corrected chi connectivity index (χ1v) is 18.8. The normalized spacial score (nSPS) is 21.2. The Morgan fingerprint density at radius 2 is 1.55 bits per heavy atom. The number of pyridine rings is 1. The number of ether oxygens (including phenoxy) is 1. The van der Waals surface area contributed by atoms with Gasteiger partial charge >= 0.3 is 6.03 Å². The number of rotatable bonds is 9. The zero-order valence-corrected chi connectivity index (χ0v) is 33.1. The van der Waals surface area contributed by atoms with Gasteiger partial charge in [0.2, 0.25) is 5.91 Å². The van der Waals surface area contributed by atoms with Crippen LogP contribution >= 0.6 is 23.2 Å². The zero-order valence-electron chi connectivity index (χ0n) is 31.6. The molecule has 8 nitrogen and oxygen atoms in total. The number of amidine groups is 1. The minimum absolute atomic E-state index is 0.158. The Balaban J connectivity index is 1.62. The van der Waals surface area contributed by atoms with Crippen molar-refractivity contribution in [2.45, 2.75) is 91.1 Å². The summed E-state index contributed by atoms with van der Waals surface area (Å²) in [6, 6.07) is 17.2. The van der Waals surface area contributed by atoms with Gasteiger partial charge in [-0.2, -0.15) is 0 Å². The molecule has 0 aliphatic carbocycles. The fourth-order valence-corrected chi connectivity index (χ4v) is 7.63. The number of urea groups is 1. The van der Waals surface area contributed by atoms with Crippen LogP contribution in [-0.2, 0) is 21.3 Å². The molecule has 2 aromatic carbocycles. The highest BCUT2D eigenvalue weighted by Gasteiger charge is 2.60. The van der Waals surface area contributed by atoms with Gasteiger partial charge in [0, 0.05) is 66.5 Å². The summed E-state index contributed by atoms with van der Waals surface area (Å²) in [5.74, 6) is 1.88. The Morgan fingerprint density at radius 1 is 0.980 bits per heavy atom. The van der Waals surface area contributed by atoms with Gasteiger partial charge in [-0.05, 0) is 80.8 Å². The predicted molar refractivity (Wildman–Crippen MR) is 207 cm³/mol. The molecule has 51 heavy (non-hydrogen) atoms. The highest BCUT2D eigenvalue weighted by atomic mass is 35.5. The van der Waals surface area contributed by atoms with Crippen LogP contribution in [0.5, 0.6) is 5.75 Å². The molecule has 2 aliphatic heterocycles. The van der Waals surface area contributed by atoms with Crippen molar-refractivity contribution in [2.75, 3.05) is 33.3 Å². The highest BCUT2D eigenvalue weighted by Crippen LogP contribution is 2.54. The number of aliphatic imine (C=N–C) groups is 1. The van der Waals surface area contributed by atoms with E-state index in [1.165, 1.54) is 0 Å². The van der Waals surface area contributed by atoms with Crippen molar-refractivity contribution in [1.29, 1.82) is 0 Å². The third-order valence-electron chi connectivity index (χ3n) is 10.5. The van der Waals surface area contributed by atoms with Crippen molar-refractivity contribution in [3.8, 4) is 5.75 Å². The first-order chi connectivity index (χ1) is 24.0. The summed E-state index contributed by atoms with van der Waals surface area (Å²) in [7, 11) is 1.88. The van der Waals surface area contributed by atoms with Crippen LogP contribution in [0.25, 0.3) is 0 Å². The maximum Gasteiger partial charge on any atom is 0.326 e. The molecule has 0 radical (unpaired) electrons. The standard InChI is InChI=1S/C41H53Cl2N5O3/c1-10-51-34-24-35(39(4,5)6)44-25-33(34)37-45-40(7,29-11-15-31(42)16-12-29)41(8,30-13-17-32(43)18-14-30)48(37)38(50)47-21-19-28(20-22-47)23-36(49)46(9)26-27(2)3/h11-18,24-25,27-28H,10,19-23,26H2,1-9H3/t40-,41+/m0/s1. The van der Waals surface area contributed by atoms with Gasteiger partial charge in [0.1, 0.15) is 22.7 Å². The molecule has 0 unspecified atom stereocenters. The maximum atomic E-state index is 15.3. The molecular weight excluding hydrogens is 681 g/mol. The Kier molecular flexibility index (Phi) is 11.5. The van der Waals surface area contributed by atoms with E-state index in [0.29, 0.717) is 59.2 Å². The lowest BCUT2D eigenvalue weighted by Crippen LogP contribution is -2.59. The first kappa shape index (κ1) is 38.6. The molecule has 1 fully saturated rings. The number of hydrogen-bond acceptors (Lipinski definition) is 5. The van der Waals surface area contributed by atoms with Crippen LogP contribution in [0.15, 0.2) is 65.8 Å². The topological polar surface area (TPSA) is 78.3 Å². The van der Waals surface area contributed by atoms with E-state index >= 15 is 4.79 Å². The quantitative estimate of drug-likeness (QED) is 0.220. The van der Waals surface area contributed by atoms with Crippen LogP contribution in [0.4, 0.5) is 4.79 Å². The van der Waals surface area contributed by atoms with E-state index in [1.807, 2.05) is 83.3 Å². The van der Waals surface area contributed by atoms with Crippen molar-refractivity contribution >= 4 is 41.0 Å². The molecule has 0 saturated carbocycles. The molecule has 274 valence electrons. The number of piperidine rings is 1. The SMILES string of the molecule is CCOc1cc(C(C)(C)C)ncc1C1=N[C@@](C)(c2ccc(Cl)cc2)[C@@](C)(c2ccc(Cl)cc2)N1C(=O)N1CCC(CC(=O)N(C)CC(C)C)CC1. The molecule has 0 N–H and O–H groups in total. The van der Waals surface area contributed by atoms with Gasteiger partial charge in [0.15, 0.2) is 0 Å². The van der Waals surface area contributed by atoms with Gasteiger partial charge in [-0.15, -0.1) is 0 Å². The minimum Gasteiger partial charge on any atom is -0.493 e. The summed E-state index contributed by atoms with van der Waals surface area (Å²) in [4.78, 5) is 44.3. The maximum absolute atomic E-state index is 15.3. The molecule has 0 bridgehead atoms. The second-order valence-corrected chi connectivity index (χ2v) is 16.6. The van der Waals surface area contributed by atoms with Crippen LogP contribution in [-0.4, -0.2) is 70.7 Å². The molecule has 3 amide bonds. The minimum atomic E-state index is -1.02. The van der Waals surface area contributed by atoms with Gasteiger partial charge in [0.25, 0.3) is 0 Å². The van der Waals surface area contributed by atoms with Crippen molar-refractivity contribution in [3.63, 3.8) is 0 Å². The average molecular weight is 735 g/mol. The lowest BCUT2D eigenvalue weighted by Gasteiger charge is -2.47. The summed E-state index contributed by atoms with van der Waals surface area (Å²) in [5, 5.41) is 1.21. The second-order valence-electron chi connectivity index (χ2n) is 15.8. The van der Waals surface area contributed by atoms with Crippen LogP contribution in [0.1, 0.15) is 97.0 Å². The number of benzene rings is 2. The lowest BCUT2D eigenvalue weighted by molar-refractivity contribution is -0.131. The average Bonchev–Trinajstić information content (AvgIpc) is 3.32. The van der Waals surface area contributed by atoms with E-state index in [1.54, 1.807) is 6.20 Å². The molecule has 1 saturated heterocycles. The summed E-state index contributed by atoms with van der Waals surface area (Å²) in [6.07, 6.45) is 3.77. The first-order valence-electron chi connectivity index (χ1n) is 18.1. The molecule has 10 heteroatoms. The summed E-state index contributed by atoms with van der Waals surface area (Å²) < 4.78 is 6.29. The molecule has 3 aromatic rings. The number of amides is 3. The molecule has 0 spiro atoms. The van der Waals surface area contributed by atoms with Gasteiger partial charge < -0.3 is 14.5 Å². The number of halogens is 2. The highest BCUT2D eigenvalue weighted by molar-refractivity contribution is 6.30. The Morgan fingerprint density at radius 3 is 2.08 bits per heavy atom. The van der Waals surface area contributed by atoms with Crippen molar-refractivity contribution in [2.24, 2.45) is 16.8 Å². The van der Waals surface area contributed by atoms with E-state index in [2.05, 4.69) is 48.5 Å². The second kappa shape index (κ2) is 15.2. The molecule has 5 rings (SSSR count). The van der Waals surface area contributed by atoms with E-state index in [9.17, 15) is 4.79 Å². The number of carbonyl (C=O) groups excluding carboxylic acids is 2. The van der Waals surface area contributed by atoms with E-state index in [4.69, 9.17) is 37.9 Å². The smallest absolute Gasteiger partial charge is 0.326 e. The number of nitrogens with zero attached hydrogens (tertiary/aromatic N) is 5. The monoisotopic (exact) mass is 733 g/mol. The number of hydrogen-bond donors (Lipinski definition) is 0. The molecule has 1 aromatic heterocycles. The van der Waals surface area contributed by atoms with E-state index < -0.39 is 11.1 Å². The lowest BCUT2D eigenvalue weighted by atomic mass is 9.71. The molecular formula is C41H53Cl2N5O3. The van der Waals surface area contributed by atoms with Crippen molar-refractivity contribution in [3.05, 3.63) is 93.2 Å². The Hall–Kier alpha value is -3.62. The fraction of sp³-hybridized carbons (Fsp3) is 0.512. The van der Waals surface area contributed by atoms with Crippen molar-refractivity contribution < 1.29 is 14.3 Å². The van der Waals surface area contributed by atoms with E-state index in [-0.39, 0.29) is 23.3 Å². The van der Waals surface area contributed by atoms with E-state index in [0.717, 1.165) is 36.2 Å². The summed E-state index contributed by atoms with van der Waals surface area (Å²) in [5.41, 5.74) is 1.10. The largest absolute Gasteiger partial charge is 0.493 e. The zero-order chi connectivity index (χ0) is 37.3. The van der Waals surface area contributed by atoms with Crippen LogP contribution < -0.4 is 4.74 Å². The predicted octanol–water partition coefficient (Wildman–Crippen LogP) is 9.31. The Labute approximate surface area is 314 Å². The third-order valence-corrected chi connectivity index (χ3v) is 11.0. The fourth-order valence-electron chi connectivity index (χ4n) is 7.38. The molecule has 2 atom stereocenters. The van der Waals surface area contributed by atoms with Crippen molar-refractivity contribution in [1.82, 2.24) is 19.7 Å². The third kappa shape index (κ3) is 7.78. The van der Waals surface area contributed by atoms with Crippen LogP contribution in [0, 0.1) is 11.8 Å². The summed E-state index contributed by atoms with van der Waals surface area (Å²) in [6.45, 7) is 18.9. The van der Waals surface area contributed by atoms with Gasteiger partial charge in [0.05, 0.1) is 12.2 Å². The van der Waals surface area contributed by atoms with Gasteiger partial charge in [-0.3, -0.25) is 19.7 Å². The molecule has 2 aliphatic rings. The van der Waals surface area contributed by atoms with Crippen LogP contribution in [0.2, 0.25) is 10.0 Å². The Bertz CT molecular complexity index is 1750.